The van der Waals surface area contributed by atoms with E-state index in [9.17, 15) is 14.4 Å². The Bertz CT molecular complexity index is 1460. The van der Waals surface area contributed by atoms with Crippen molar-refractivity contribution in [3.05, 3.63) is 58.0 Å². The van der Waals surface area contributed by atoms with E-state index in [-0.39, 0.29) is 43.0 Å². The van der Waals surface area contributed by atoms with Gasteiger partial charge in [0.25, 0.3) is 17.9 Å². The lowest BCUT2D eigenvalue weighted by atomic mass is 10.2. The lowest BCUT2D eigenvalue weighted by Gasteiger charge is -2.10. The van der Waals surface area contributed by atoms with Crippen molar-refractivity contribution >= 4 is 41.3 Å². The number of aromatic nitrogens is 2. The lowest BCUT2D eigenvalue weighted by Crippen LogP contribution is -2.29. The van der Waals surface area contributed by atoms with Crippen molar-refractivity contribution in [3.63, 3.8) is 0 Å². The highest BCUT2D eigenvalue weighted by Crippen LogP contribution is 2.13. The first-order chi connectivity index (χ1) is 24.7. The third kappa shape index (κ3) is 21.6. The summed E-state index contributed by atoms with van der Waals surface area (Å²) in [6.07, 6.45) is 11.6. The Morgan fingerprint density at radius 3 is 2.25 bits per heavy atom. The van der Waals surface area contributed by atoms with Gasteiger partial charge in [-0.05, 0) is 50.1 Å². The van der Waals surface area contributed by atoms with E-state index in [1.807, 2.05) is 12.2 Å². The predicted molar refractivity (Wildman–Crippen MR) is 195 cm³/mol. The Morgan fingerprint density at radius 1 is 1.02 bits per heavy atom. The molecule has 16 nitrogen and oxygen atoms in total. The maximum Gasteiger partial charge on any atom is 0.290 e. The molecule has 1 heterocycles. The highest BCUT2D eigenvalue weighted by molar-refractivity contribution is 6.00. The molecule has 2 amide bonds. The third-order valence-electron chi connectivity index (χ3n) is 6.47. The number of terminal acetylenes is 1. The Balaban J connectivity index is 0.00000418. The van der Waals surface area contributed by atoms with Gasteiger partial charge in [0, 0.05) is 30.8 Å². The number of aliphatic imine (C=N–C) groups is 1. The average molecular weight is 714 g/mol. The number of hydrogen-bond acceptors (Lipinski definition) is 12. The SMILES string of the molecule is C#CCOCCOCCOCCOCCNC(=O)CCCNC(=O)c1ccc(NCC(/C=C/CCC)=Nc2c(C)nc(N)[nH]c2=O)cc1.O=CO. The largest absolute Gasteiger partial charge is 0.483 e. The number of nitrogens with two attached hydrogens (primary N) is 1. The molecule has 0 aliphatic heterocycles. The summed E-state index contributed by atoms with van der Waals surface area (Å²) >= 11 is 0. The average Bonchev–Trinajstić information content (AvgIpc) is 3.11. The van der Waals surface area contributed by atoms with Crippen LogP contribution in [0.25, 0.3) is 0 Å². The van der Waals surface area contributed by atoms with Crippen LogP contribution in [0, 0.1) is 19.3 Å². The fourth-order valence-electron chi connectivity index (χ4n) is 4.03. The zero-order valence-corrected chi connectivity index (χ0v) is 29.4. The maximum atomic E-state index is 12.6. The van der Waals surface area contributed by atoms with Crippen LogP contribution in [0.4, 0.5) is 17.3 Å². The zero-order valence-electron chi connectivity index (χ0n) is 29.4. The molecule has 0 unspecified atom stereocenters. The number of nitrogen functional groups attached to an aromatic ring is 1. The van der Waals surface area contributed by atoms with Gasteiger partial charge in [0.1, 0.15) is 12.3 Å². The molecule has 0 aliphatic rings. The van der Waals surface area contributed by atoms with Crippen molar-refractivity contribution in [1.82, 2.24) is 20.6 Å². The van der Waals surface area contributed by atoms with Gasteiger partial charge < -0.3 is 45.7 Å². The summed E-state index contributed by atoms with van der Waals surface area (Å²) in [6, 6.07) is 7.02. The lowest BCUT2D eigenvalue weighted by molar-refractivity contribution is -0.123. The molecule has 7 N–H and O–H groups in total. The number of H-pyrrole nitrogens is 1. The number of amides is 2. The summed E-state index contributed by atoms with van der Waals surface area (Å²) in [6.45, 7) is 7.96. The fraction of sp³-hybridized carbons (Fsp3) is 0.486. The molecule has 280 valence electrons. The van der Waals surface area contributed by atoms with E-state index in [1.54, 1.807) is 31.2 Å². The quantitative estimate of drug-likeness (QED) is 0.0377. The number of aromatic amines is 1. The molecule has 2 aromatic rings. The maximum absolute atomic E-state index is 12.6. The van der Waals surface area contributed by atoms with Gasteiger partial charge in [0.05, 0.1) is 64.2 Å². The number of nitrogens with one attached hydrogen (secondary N) is 4. The molecule has 0 aliphatic carbocycles. The highest BCUT2D eigenvalue weighted by Gasteiger charge is 2.09. The van der Waals surface area contributed by atoms with E-state index >= 15 is 0 Å². The van der Waals surface area contributed by atoms with Crippen LogP contribution < -0.4 is 27.2 Å². The van der Waals surface area contributed by atoms with Crippen molar-refractivity contribution < 1.29 is 38.4 Å². The molecule has 0 saturated carbocycles. The number of allylic oxidation sites excluding steroid dienone is 1. The van der Waals surface area contributed by atoms with E-state index < -0.39 is 5.56 Å². The molecule has 2 rings (SSSR count). The Morgan fingerprint density at radius 2 is 1.65 bits per heavy atom. The summed E-state index contributed by atoms with van der Waals surface area (Å²) in [7, 11) is 0. The van der Waals surface area contributed by atoms with Crippen LogP contribution in [0.2, 0.25) is 0 Å². The summed E-state index contributed by atoms with van der Waals surface area (Å²) in [4.78, 5) is 56.5. The molecule has 1 aromatic heterocycles. The van der Waals surface area contributed by atoms with Crippen molar-refractivity contribution in [2.45, 2.75) is 39.5 Å². The minimum absolute atomic E-state index is 0.0434. The van der Waals surface area contributed by atoms with E-state index in [0.29, 0.717) is 89.3 Å². The summed E-state index contributed by atoms with van der Waals surface area (Å²) in [5, 5.41) is 15.8. The molecule has 1 aromatic carbocycles. The number of benzene rings is 1. The number of nitrogens with zero attached hydrogens (tertiary/aromatic N) is 2. The van der Waals surface area contributed by atoms with Crippen LogP contribution in [-0.2, 0) is 28.5 Å². The van der Waals surface area contributed by atoms with Crippen LogP contribution in [-0.4, -0.2) is 112 Å². The molecule has 0 atom stereocenters. The number of carbonyl (C=O) groups excluding carboxylic acids is 2. The number of carboxylic acid groups (broad SMARTS) is 1. The van der Waals surface area contributed by atoms with Gasteiger partial charge in [-0.2, -0.15) is 0 Å². The second-order valence-electron chi connectivity index (χ2n) is 10.5. The monoisotopic (exact) mass is 713 g/mol. The van der Waals surface area contributed by atoms with Crippen molar-refractivity contribution in [3.8, 4) is 12.3 Å². The fourth-order valence-corrected chi connectivity index (χ4v) is 4.03. The molecule has 0 fully saturated rings. The number of hydrogen-bond donors (Lipinski definition) is 6. The van der Waals surface area contributed by atoms with Gasteiger partial charge in [0.15, 0.2) is 0 Å². The first kappa shape index (κ1) is 43.9. The smallest absolute Gasteiger partial charge is 0.290 e. The minimum atomic E-state index is -0.404. The molecular formula is C35H51N7O9. The van der Waals surface area contributed by atoms with Crippen molar-refractivity contribution in [2.24, 2.45) is 4.99 Å². The van der Waals surface area contributed by atoms with Gasteiger partial charge in [-0.1, -0.05) is 25.3 Å². The first-order valence-corrected chi connectivity index (χ1v) is 16.6. The molecule has 0 saturated heterocycles. The van der Waals surface area contributed by atoms with Gasteiger partial charge in [0.2, 0.25) is 11.9 Å². The molecule has 0 bridgehead atoms. The van der Waals surface area contributed by atoms with Crippen LogP contribution in [0.1, 0.15) is 48.7 Å². The molecule has 16 heteroatoms. The number of aryl methyl sites for hydroxylation is 1. The van der Waals surface area contributed by atoms with E-state index in [0.717, 1.165) is 18.5 Å². The highest BCUT2D eigenvalue weighted by atomic mass is 16.6. The second kappa shape index (κ2) is 28.7. The number of carbonyl (C=O) groups is 3. The second-order valence-corrected chi connectivity index (χ2v) is 10.5. The van der Waals surface area contributed by atoms with E-state index in [1.165, 1.54) is 0 Å². The third-order valence-corrected chi connectivity index (χ3v) is 6.47. The Labute approximate surface area is 298 Å². The van der Waals surface area contributed by atoms with Crippen LogP contribution >= 0.6 is 0 Å². The molecular weight excluding hydrogens is 662 g/mol. The number of rotatable bonds is 25. The number of anilines is 2. The molecule has 51 heavy (non-hydrogen) atoms. The minimum Gasteiger partial charge on any atom is -0.483 e. The first-order valence-electron chi connectivity index (χ1n) is 16.6. The number of unbranched alkanes of at least 4 members (excludes halogenated alkanes) is 1. The van der Waals surface area contributed by atoms with Gasteiger partial charge in [-0.3, -0.25) is 24.2 Å². The van der Waals surface area contributed by atoms with E-state index in [2.05, 4.69) is 43.8 Å². The van der Waals surface area contributed by atoms with Crippen LogP contribution in [0.15, 0.2) is 46.2 Å². The van der Waals surface area contributed by atoms with Gasteiger partial charge >= 0.3 is 0 Å². The summed E-state index contributed by atoms with van der Waals surface area (Å²) in [5.74, 6) is 2.09. The Kier molecular flexibility index (Phi) is 24.8. The summed E-state index contributed by atoms with van der Waals surface area (Å²) < 4.78 is 21.3. The van der Waals surface area contributed by atoms with Crippen molar-refractivity contribution in [1.29, 1.82) is 0 Å². The zero-order chi connectivity index (χ0) is 37.5. The normalized spacial score (nSPS) is 11.0. The predicted octanol–water partition coefficient (Wildman–Crippen LogP) is 2.23. The van der Waals surface area contributed by atoms with E-state index in [4.69, 9.17) is 41.0 Å². The standard InChI is InChI=1S/C34H49N7O7.CH2O2/c1-4-6-7-9-29(40-31-26(3)39-34(35)41-33(31)44)25-38-28-13-11-27(12-14-28)32(43)37-15-8-10-30(42)36-16-18-46-20-22-48-24-23-47-21-19-45-17-5-2;2-1-3/h2,7,9,11-14,38H,4,6,8,10,15-25H2,1,3H3,(H,36,42)(H,37,43)(H3,35,39,41,44);1H,(H,2,3)/b9-7+,40-29?;. The number of ether oxygens (including phenoxy) is 4. The topological polar surface area (TPSA) is 229 Å². The van der Waals surface area contributed by atoms with Crippen LogP contribution in [0.3, 0.4) is 0 Å². The van der Waals surface area contributed by atoms with Crippen LogP contribution in [0.5, 0.6) is 0 Å². The van der Waals surface area contributed by atoms with Gasteiger partial charge in [-0.25, -0.2) is 9.98 Å². The Hall–Kier alpha value is -5.08. The van der Waals surface area contributed by atoms with Gasteiger partial charge in [-0.15, -0.1) is 6.42 Å². The van der Waals surface area contributed by atoms with Crippen molar-refractivity contribution in [2.75, 3.05) is 83.5 Å². The molecule has 0 radical (unpaired) electrons. The summed E-state index contributed by atoms with van der Waals surface area (Å²) in [5.41, 5.74) is 7.78. The molecule has 0 spiro atoms.